The van der Waals surface area contributed by atoms with E-state index < -0.39 is 0 Å². The molecule has 1 aliphatic carbocycles. The van der Waals surface area contributed by atoms with Gasteiger partial charge in [-0.3, -0.25) is 4.90 Å². The van der Waals surface area contributed by atoms with Gasteiger partial charge < -0.3 is 10.2 Å². The van der Waals surface area contributed by atoms with Crippen molar-refractivity contribution < 1.29 is 4.42 Å². The molecule has 3 rings (SSSR count). The van der Waals surface area contributed by atoms with E-state index in [9.17, 15) is 0 Å². The molecule has 0 amide bonds. The lowest BCUT2D eigenvalue weighted by molar-refractivity contribution is 0.200. The molecule has 3 atom stereocenters. The van der Waals surface area contributed by atoms with E-state index in [1.54, 1.807) is 6.26 Å². The molecule has 2 heterocycles. The normalized spacial score (nSPS) is 32.9. The van der Waals surface area contributed by atoms with Crippen LogP contribution in [-0.2, 0) is 0 Å². The fourth-order valence-corrected chi connectivity index (χ4v) is 2.62. The molecule has 76 valence electrons. The van der Waals surface area contributed by atoms with Crippen molar-refractivity contribution in [2.75, 3.05) is 19.6 Å². The van der Waals surface area contributed by atoms with Crippen LogP contribution in [0.3, 0.4) is 0 Å². The SMILES string of the molecule is NCC(c1ccco1)N1CC2CC2C1. The predicted octanol–water partition coefficient (Wildman–Crippen LogP) is 1.23. The summed E-state index contributed by atoms with van der Waals surface area (Å²) in [4.78, 5) is 2.47. The Hall–Kier alpha value is -0.800. The van der Waals surface area contributed by atoms with Crippen LogP contribution in [0.4, 0.5) is 0 Å². The quantitative estimate of drug-likeness (QED) is 0.783. The van der Waals surface area contributed by atoms with E-state index in [2.05, 4.69) is 4.90 Å². The number of piperidine rings is 1. The number of rotatable bonds is 3. The molecule has 14 heavy (non-hydrogen) atoms. The van der Waals surface area contributed by atoms with Gasteiger partial charge in [0.05, 0.1) is 12.3 Å². The fourth-order valence-electron chi connectivity index (χ4n) is 2.62. The molecule has 1 aromatic heterocycles. The van der Waals surface area contributed by atoms with E-state index in [1.165, 1.54) is 19.5 Å². The van der Waals surface area contributed by atoms with Gasteiger partial charge in [0.25, 0.3) is 0 Å². The van der Waals surface area contributed by atoms with E-state index in [4.69, 9.17) is 10.2 Å². The van der Waals surface area contributed by atoms with E-state index >= 15 is 0 Å². The first kappa shape index (κ1) is 8.50. The Morgan fingerprint density at radius 2 is 2.29 bits per heavy atom. The molecular weight excluding hydrogens is 176 g/mol. The zero-order valence-electron chi connectivity index (χ0n) is 8.23. The minimum Gasteiger partial charge on any atom is -0.468 e. The van der Waals surface area contributed by atoms with E-state index in [0.717, 1.165) is 17.6 Å². The number of nitrogens with two attached hydrogens (primary N) is 1. The number of furan rings is 1. The summed E-state index contributed by atoms with van der Waals surface area (Å²) in [5, 5.41) is 0. The minimum atomic E-state index is 0.304. The topological polar surface area (TPSA) is 42.4 Å². The summed E-state index contributed by atoms with van der Waals surface area (Å²) in [6, 6.07) is 4.27. The highest BCUT2D eigenvalue weighted by Crippen LogP contribution is 2.47. The van der Waals surface area contributed by atoms with E-state index in [0.29, 0.717) is 12.6 Å². The largest absolute Gasteiger partial charge is 0.468 e. The number of likely N-dealkylation sites (tertiary alicyclic amines) is 1. The zero-order valence-corrected chi connectivity index (χ0v) is 8.23. The Morgan fingerprint density at radius 3 is 2.86 bits per heavy atom. The third-order valence-electron chi connectivity index (χ3n) is 3.54. The van der Waals surface area contributed by atoms with Gasteiger partial charge in [-0.1, -0.05) is 0 Å². The minimum absolute atomic E-state index is 0.304. The Morgan fingerprint density at radius 1 is 1.50 bits per heavy atom. The third kappa shape index (κ3) is 1.28. The van der Waals surface area contributed by atoms with E-state index in [1.807, 2.05) is 12.1 Å². The van der Waals surface area contributed by atoms with Gasteiger partial charge in [-0.05, 0) is 30.4 Å². The average Bonchev–Trinajstić information content (AvgIpc) is 2.70. The maximum absolute atomic E-state index is 5.80. The van der Waals surface area contributed by atoms with Crippen molar-refractivity contribution in [3.63, 3.8) is 0 Å². The van der Waals surface area contributed by atoms with E-state index in [-0.39, 0.29) is 0 Å². The van der Waals surface area contributed by atoms with Crippen LogP contribution < -0.4 is 5.73 Å². The van der Waals surface area contributed by atoms with Gasteiger partial charge in [0, 0.05) is 19.6 Å². The summed E-state index contributed by atoms with van der Waals surface area (Å²) >= 11 is 0. The molecule has 1 saturated carbocycles. The Balaban J connectivity index is 1.74. The lowest BCUT2D eigenvalue weighted by Gasteiger charge is -2.25. The second kappa shape index (κ2) is 3.11. The van der Waals surface area contributed by atoms with Crippen molar-refractivity contribution in [2.45, 2.75) is 12.5 Å². The molecule has 1 aromatic rings. The lowest BCUT2D eigenvalue weighted by atomic mass is 10.2. The second-order valence-corrected chi connectivity index (χ2v) is 4.48. The summed E-state index contributed by atoms with van der Waals surface area (Å²) in [5.74, 6) is 2.94. The maximum Gasteiger partial charge on any atom is 0.122 e. The molecule has 0 radical (unpaired) electrons. The summed E-state index contributed by atoms with van der Waals surface area (Å²) in [7, 11) is 0. The van der Waals surface area contributed by atoms with Crippen LogP contribution >= 0.6 is 0 Å². The Kier molecular flexibility index (Phi) is 1.89. The first-order valence-electron chi connectivity index (χ1n) is 5.36. The summed E-state index contributed by atoms with van der Waals surface area (Å²) < 4.78 is 5.43. The highest BCUT2D eigenvalue weighted by molar-refractivity contribution is 5.09. The molecule has 2 aliphatic rings. The van der Waals surface area contributed by atoms with Crippen LogP contribution in [0.5, 0.6) is 0 Å². The lowest BCUT2D eigenvalue weighted by Crippen LogP contribution is -2.33. The highest BCUT2D eigenvalue weighted by Gasteiger charge is 2.47. The third-order valence-corrected chi connectivity index (χ3v) is 3.54. The van der Waals surface area contributed by atoms with Gasteiger partial charge in [-0.2, -0.15) is 0 Å². The van der Waals surface area contributed by atoms with Gasteiger partial charge in [-0.25, -0.2) is 0 Å². The van der Waals surface area contributed by atoms with Gasteiger partial charge in [0.1, 0.15) is 5.76 Å². The number of nitrogens with zero attached hydrogens (tertiary/aromatic N) is 1. The number of fused-ring (bicyclic) bond motifs is 1. The fraction of sp³-hybridized carbons (Fsp3) is 0.636. The van der Waals surface area contributed by atoms with Gasteiger partial charge in [-0.15, -0.1) is 0 Å². The number of hydrogen-bond acceptors (Lipinski definition) is 3. The van der Waals surface area contributed by atoms with Crippen molar-refractivity contribution in [2.24, 2.45) is 17.6 Å². The predicted molar refractivity (Wildman–Crippen MR) is 53.7 cm³/mol. The van der Waals surface area contributed by atoms with Crippen LogP contribution in [-0.4, -0.2) is 24.5 Å². The molecule has 3 unspecified atom stereocenters. The molecule has 3 nitrogen and oxygen atoms in total. The smallest absolute Gasteiger partial charge is 0.122 e. The van der Waals surface area contributed by atoms with Gasteiger partial charge in [0.2, 0.25) is 0 Å². The van der Waals surface area contributed by atoms with Crippen LogP contribution in [0, 0.1) is 11.8 Å². The Labute approximate surface area is 83.9 Å². The van der Waals surface area contributed by atoms with Crippen LogP contribution in [0.1, 0.15) is 18.2 Å². The Bertz CT molecular complexity index is 299. The van der Waals surface area contributed by atoms with Gasteiger partial charge >= 0.3 is 0 Å². The molecule has 1 aliphatic heterocycles. The summed E-state index contributed by atoms with van der Waals surface area (Å²) in [6.45, 7) is 3.09. The summed E-state index contributed by atoms with van der Waals surface area (Å²) in [5.41, 5.74) is 5.80. The molecular formula is C11H16N2O. The zero-order chi connectivity index (χ0) is 9.54. The molecule has 0 spiro atoms. The molecule has 1 saturated heterocycles. The van der Waals surface area contributed by atoms with Crippen molar-refractivity contribution >= 4 is 0 Å². The van der Waals surface area contributed by atoms with Crippen LogP contribution in [0.25, 0.3) is 0 Å². The average molecular weight is 192 g/mol. The van der Waals surface area contributed by atoms with Crippen molar-refractivity contribution in [1.29, 1.82) is 0 Å². The second-order valence-electron chi connectivity index (χ2n) is 4.48. The van der Waals surface area contributed by atoms with Crippen molar-refractivity contribution in [3.05, 3.63) is 24.2 Å². The van der Waals surface area contributed by atoms with Crippen molar-refractivity contribution in [1.82, 2.24) is 4.90 Å². The summed E-state index contributed by atoms with van der Waals surface area (Å²) in [6.07, 6.45) is 3.17. The van der Waals surface area contributed by atoms with Gasteiger partial charge in [0.15, 0.2) is 0 Å². The van der Waals surface area contributed by atoms with Crippen molar-refractivity contribution in [3.8, 4) is 0 Å². The van der Waals surface area contributed by atoms with Crippen LogP contribution in [0.2, 0.25) is 0 Å². The molecule has 2 N–H and O–H groups in total. The molecule has 2 fully saturated rings. The highest BCUT2D eigenvalue weighted by atomic mass is 16.3. The van der Waals surface area contributed by atoms with Crippen LogP contribution in [0.15, 0.2) is 22.8 Å². The molecule has 3 heteroatoms. The maximum atomic E-state index is 5.80. The molecule has 0 bridgehead atoms. The molecule has 0 aromatic carbocycles. The standard InChI is InChI=1S/C11H16N2O/c12-5-10(11-2-1-3-14-11)13-6-8-4-9(8)7-13/h1-3,8-10H,4-7,12H2. The first-order valence-corrected chi connectivity index (χ1v) is 5.36. The first-order chi connectivity index (χ1) is 6.88. The number of hydrogen-bond donors (Lipinski definition) is 1. The monoisotopic (exact) mass is 192 g/mol.